The van der Waals surface area contributed by atoms with Crippen LogP contribution in [0.1, 0.15) is 11.1 Å². The molecule has 4 N–H and O–H groups in total. The van der Waals surface area contributed by atoms with E-state index in [2.05, 4.69) is 26.1 Å². The summed E-state index contributed by atoms with van der Waals surface area (Å²) >= 11 is 3.39. The average Bonchev–Trinajstić information content (AvgIpc) is 2.43. The summed E-state index contributed by atoms with van der Waals surface area (Å²) in [5, 5.41) is 0. The zero-order valence-electron chi connectivity index (χ0n) is 11.6. The van der Waals surface area contributed by atoms with E-state index in [1.165, 1.54) is 6.07 Å². The summed E-state index contributed by atoms with van der Waals surface area (Å²) in [6.45, 7) is 3.70. The molecule has 0 fully saturated rings. The van der Waals surface area contributed by atoms with Gasteiger partial charge in [-0.25, -0.2) is 8.42 Å². The number of sulfonamides is 1. The van der Waals surface area contributed by atoms with E-state index in [1.807, 2.05) is 26.0 Å². The van der Waals surface area contributed by atoms with E-state index in [-0.39, 0.29) is 4.90 Å². The number of benzene rings is 2. The van der Waals surface area contributed by atoms with E-state index in [0.29, 0.717) is 11.4 Å². The smallest absolute Gasteiger partial charge is 0.264 e. The van der Waals surface area contributed by atoms with E-state index in [0.717, 1.165) is 15.6 Å². The van der Waals surface area contributed by atoms with Crippen LogP contribution in [0.15, 0.2) is 45.8 Å². The van der Waals surface area contributed by atoms with Crippen molar-refractivity contribution in [3.8, 4) is 0 Å². The highest BCUT2D eigenvalue weighted by atomic mass is 79.9. The molecule has 0 unspecified atom stereocenters. The lowest BCUT2D eigenvalue weighted by atomic mass is 10.1. The third-order valence-corrected chi connectivity index (χ3v) is 4.93. The third-order valence-electron chi connectivity index (χ3n) is 3.07. The predicted octanol–water partition coefficient (Wildman–Crippen LogP) is 3.15. The van der Waals surface area contributed by atoms with Crippen molar-refractivity contribution in [2.45, 2.75) is 18.7 Å². The second-order valence-corrected chi connectivity index (χ2v) is 7.23. The van der Waals surface area contributed by atoms with Gasteiger partial charge in [-0.05, 0) is 49.2 Å². The van der Waals surface area contributed by atoms with E-state index >= 15 is 0 Å². The highest BCUT2D eigenvalue weighted by Gasteiger charge is 2.19. The molecule has 0 saturated heterocycles. The van der Waals surface area contributed by atoms with Crippen molar-refractivity contribution in [2.75, 3.05) is 10.1 Å². The van der Waals surface area contributed by atoms with E-state index in [9.17, 15) is 8.42 Å². The molecule has 0 aliphatic carbocycles. The fourth-order valence-corrected chi connectivity index (χ4v) is 4.14. The van der Waals surface area contributed by atoms with Crippen LogP contribution in [-0.4, -0.2) is 8.42 Å². The minimum absolute atomic E-state index is 0.106. The van der Waals surface area contributed by atoms with Gasteiger partial charge in [0.15, 0.2) is 0 Å². The largest absolute Gasteiger partial charge is 0.323 e. The molecule has 0 atom stereocenters. The maximum absolute atomic E-state index is 12.6. The molecule has 0 heterocycles. The van der Waals surface area contributed by atoms with Crippen molar-refractivity contribution in [3.63, 3.8) is 0 Å². The van der Waals surface area contributed by atoms with Gasteiger partial charge in [-0.2, -0.15) is 0 Å². The Kier molecular flexibility index (Phi) is 4.55. The molecule has 112 valence electrons. The topological polar surface area (TPSA) is 84.2 Å². The fraction of sp³-hybridized carbons (Fsp3) is 0.143. The van der Waals surface area contributed by atoms with Crippen molar-refractivity contribution >= 4 is 37.3 Å². The minimum Gasteiger partial charge on any atom is -0.323 e. The maximum atomic E-state index is 12.6. The molecule has 2 aromatic rings. The number of para-hydroxylation sites is 1. The Bertz CT molecular complexity index is 753. The number of halogens is 1. The minimum atomic E-state index is -3.72. The first-order chi connectivity index (χ1) is 9.85. The molecule has 0 aliphatic heterocycles. The second kappa shape index (κ2) is 6.05. The van der Waals surface area contributed by atoms with Crippen molar-refractivity contribution in [3.05, 3.63) is 52.0 Å². The van der Waals surface area contributed by atoms with Gasteiger partial charge in [0.1, 0.15) is 4.90 Å². The molecule has 0 saturated carbocycles. The fourth-order valence-electron chi connectivity index (χ4n) is 2.08. The SMILES string of the molecule is Cc1cc(Br)cc(C)c1NS(=O)(=O)c1ccccc1NN. The number of nitrogens with one attached hydrogen (secondary N) is 2. The van der Waals surface area contributed by atoms with E-state index in [4.69, 9.17) is 5.84 Å². The van der Waals surface area contributed by atoms with Crippen LogP contribution >= 0.6 is 15.9 Å². The second-order valence-electron chi connectivity index (χ2n) is 4.66. The lowest BCUT2D eigenvalue weighted by Crippen LogP contribution is -2.18. The molecule has 2 aromatic carbocycles. The maximum Gasteiger partial charge on any atom is 0.264 e. The zero-order chi connectivity index (χ0) is 15.6. The summed E-state index contributed by atoms with van der Waals surface area (Å²) in [6.07, 6.45) is 0. The molecule has 0 bridgehead atoms. The molecule has 0 spiro atoms. The Labute approximate surface area is 132 Å². The van der Waals surface area contributed by atoms with Crippen LogP contribution < -0.4 is 16.0 Å². The average molecular weight is 370 g/mol. The molecular weight excluding hydrogens is 354 g/mol. The van der Waals surface area contributed by atoms with E-state index < -0.39 is 10.0 Å². The Morgan fingerprint density at radius 2 is 1.67 bits per heavy atom. The molecular formula is C14H16BrN3O2S. The lowest BCUT2D eigenvalue weighted by Gasteiger charge is -2.15. The van der Waals surface area contributed by atoms with Gasteiger partial charge in [0.05, 0.1) is 11.4 Å². The van der Waals surface area contributed by atoms with Crippen LogP contribution in [-0.2, 0) is 10.0 Å². The van der Waals surface area contributed by atoms with Crippen molar-refractivity contribution in [1.29, 1.82) is 0 Å². The summed E-state index contributed by atoms with van der Waals surface area (Å²) in [7, 11) is -3.72. The van der Waals surface area contributed by atoms with Gasteiger partial charge in [0, 0.05) is 4.47 Å². The first-order valence-corrected chi connectivity index (χ1v) is 8.48. The standard InChI is InChI=1S/C14H16BrN3O2S/c1-9-7-11(15)8-10(2)14(9)18-21(19,20)13-6-4-3-5-12(13)17-16/h3-8,17-18H,16H2,1-2H3. The van der Waals surface area contributed by atoms with Gasteiger partial charge in [-0.1, -0.05) is 28.1 Å². The first kappa shape index (κ1) is 15.8. The lowest BCUT2D eigenvalue weighted by molar-refractivity contribution is 0.601. The molecule has 0 aliphatic rings. The number of aryl methyl sites for hydroxylation is 2. The number of hydrogen-bond acceptors (Lipinski definition) is 4. The predicted molar refractivity (Wildman–Crippen MR) is 88.7 cm³/mol. The molecule has 5 nitrogen and oxygen atoms in total. The highest BCUT2D eigenvalue weighted by molar-refractivity contribution is 9.10. The molecule has 21 heavy (non-hydrogen) atoms. The first-order valence-electron chi connectivity index (χ1n) is 6.20. The van der Waals surface area contributed by atoms with Crippen molar-refractivity contribution < 1.29 is 8.42 Å². The van der Waals surface area contributed by atoms with Gasteiger partial charge >= 0.3 is 0 Å². The van der Waals surface area contributed by atoms with Gasteiger partial charge in [-0.3, -0.25) is 10.6 Å². The van der Waals surface area contributed by atoms with Crippen molar-refractivity contribution in [1.82, 2.24) is 0 Å². The summed E-state index contributed by atoms with van der Waals surface area (Å²) in [6, 6.07) is 10.2. The number of hydrogen-bond donors (Lipinski definition) is 3. The van der Waals surface area contributed by atoms with Crippen LogP contribution in [0.5, 0.6) is 0 Å². The van der Waals surface area contributed by atoms with Crippen LogP contribution in [0, 0.1) is 13.8 Å². The van der Waals surface area contributed by atoms with Crippen LogP contribution in [0.4, 0.5) is 11.4 Å². The number of nitrogen functional groups attached to an aromatic ring is 1. The summed E-state index contributed by atoms with van der Waals surface area (Å²) in [5.41, 5.74) is 4.99. The number of rotatable bonds is 4. The molecule has 7 heteroatoms. The Morgan fingerprint density at radius 3 is 2.24 bits per heavy atom. The van der Waals surface area contributed by atoms with E-state index in [1.54, 1.807) is 18.2 Å². The van der Waals surface area contributed by atoms with Gasteiger partial charge in [-0.15, -0.1) is 0 Å². The quantitative estimate of drug-likeness (QED) is 0.570. The van der Waals surface area contributed by atoms with Gasteiger partial charge < -0.3 is 5.43 Å². The zero-order valence-corrected chi connectivity index (χ0v) is 14.0. The van der Waals surface area contributed by atoms with Gasteiger partial charge in [0.2, 0.25) is 0 Å². The Morgan fingerprint density at radius 1 is 1.10 bits per heavy atom. The summed E-state index contributed by atoms with van der Waals surface area (Å²) in [5.74, 6) is 5.37. The van der Waals surface area contributed by atoms with Crippen LogP contribution in [0.2, 0.25) is 0 Å². The van der Waals surface area contributed by atoms with Crippen LogP contribution in [0.3, 0.4) is 0 Å². The highest BCUT2D eigenvalue weighted by Crippen LogP contribution is 2.29. The molecule has 2 rings (SSSR count). The summed E-state index contributed by atoms with van der Waals surface area (Å²) in [4.78, 5) is 0.106. The monoisotopic (exact) mass is 369 g/mol. The van der Waals surface area contributed by atoms with Crippen molar-refractivity contribution in [2.24, 2.45) is 5.84 Å². The third kappa shape index (κ3) is 3.37. The molecule has 0 amide bonds. The molecule has 0 aromatic heterocycles. The Balaban J connectivity index is 2.48. The van der Waals surface area contributed by atoms with Crippen LogP contribution in [0.25, 0.3) is 0 Å². The normalized spacial score (nSPS) is 11.2. The molecule has 0 radical (unpaired) electrons. The Hall–Kier alpha value is -1.57. The van der Waals surface area contributed by atoms with Gasteiger partial charge in [0.25, 0.3) is 10.0 Å². The number of nitrogens with two attached hydrogens (primary N) is 1. The number of anilines is 2. The number of hydrazine groups is 1. The summed E-state index contributed by atoms with van der Waals surface area (Å²) < 4.78 is 28.6.